The van der Waals surface area contributed by atoms with Crippen molar-refractivity contribution in [3.63, 3.8) is 0 Å². The highest BCUT2D eigenvalue weighted by atomic mass is 16.3. The molecule has 1 fully saturated rings. The number of nitrogens with two attached hydrogens (primary N) is 1. The average Bonchev–Trinajstić information content (AvgIpc) is 2.40. The SMILES string of the molecule is NNc1ccc(CN2CCCC(CCO)C2)cn1. The van der Waals surface area contributed by atoms with E-state index in [4.69, 9.17) is 10.9 Å². The third kappa shape index (κ3) is 3.66. The summed E-state index contributed by atoms with van der Waals surface area (Å²) in [5.74, 6) is 6.62. The molecule has 2 rings (SSSR count). The number of hydrazine groups is 1. The number of nitrogens with one attached hydrogen (secondary N) is 1. The Bertz CT molecular complexity index is 353. The molecule has 18 heavy (non-hydrogen) atoms. The Kier molecular flexibility index (Phi) is 4.92. The lowest BCUT2D eigenvalue weighted by atomic mass is 9.95. The molecule has 1 aromatic rings. The van der Waals surface area contributed by atoms with E-state index in [9.17, 15) is 0 Å². The van der Waals surface area contributed by atoms with Crippen LogP contribution < -0.4 is 11.3 Å². The van der Waals surface area contributed by atoms with E-state index in [0.29, 0.717) is 18.3 Å². The molecule has 1 aliphatic heterocycles. The first-order valence-corrected chi connectivity index (χ1v) is 6.56. The van der Waals surface area contributed by atoms with Gasteiger partial charge >= 0.3 is 0 Å². The third-order valence-corrected chi connectivity index (χ3v) is 3.52. The minimum atomic E-state index is 0.303. The summed E-state index contributed by atoms with van der Waals surface area (Å²) in [5.41, 5.74) is 3.74. The first-order valence-electron chi connectivity index (χ1n) is 6.56. The predicted molar refractivity (Wildman–Crippen MR) is 71.8 cm³/mol. The van der Waals surface area contributed by atoms with Gasteiger partial charge in [0, 0.05) is 25.9 Å². The summed E-state index contributed by atoms with van der Waals surface area (Å²) in [5, 5.41) is 9.00. The van der Waals surface area contributed by atoms with Gasteiger partial charge in [-0.2, -0.15) is 0 Å². The Morgan fingerprint density at radius 2 is 2.39 bits per heavy atom. The number of pyridine rings is 1. The number of nitrogens with zero attached hydrogens (tertiary/aromatic N) is 2. The number of aliphatic hydroxyl groups excluding tert-OH is 1. The number of aliphatic hydroxyl groups is 1. The lowest BCUT2D eigenvalue weighted by molar-refractivity contribution is 0.142. The number of rotatable bonds is 5. The number of hydrogen-bond donors (Lipinski definition) is 3. The van der Waals surface area contributed by atoms with Crippen LogP contribution in [0.5, 0.6) is 0 Å². The van der Waals surface area contributed by atoms with E-state index in [1.54, 1.807) is 0 Å². The summed E-state index contributed by atoms with van der Waals surface area (Å²) in [6.07, 6.45) is 5.25. The van der Waals surface area contributed by atoms with E-state index >= 15 is 0 Å². The molecular formula is C13H22N4O. The van der Waals surface area contributed by atoms with E-state index < -0.39 is 0 Å². The topological polar surface area (TPSA) is 74.4 Å². The standard InChI is InChI=1S/C13H22N4O/c14-16-13-4-3-12(8-15-13)10-17-6-1-2-11(9-17)5-7-18/h3-4,8,11,18H,1-2,5-7,9-10,14H2,(H,15,16). The Morgan fingerprint density at radius 3 is 3.06 bits per heavy atom. The zero-order valence-corrected chi connectivity index (χ0v) is 10.7. The van der Waals surface area contributed by atoms with E-state index in [2.05, 4.69) is 21.4 Å². The molecule has 1 aromatic heterocycles. The van der Waals surface area contributed by atoms with Crippen LogP contribution in [0.1, 0.15) is 24.8 Å². The lowest BCUT2D eigenvalue weighted by Gasteiger charge is -2.32. The summed E-state index contributed by atoms with van der Waals surface area (Å²) < 4.78 is 0. The molecule has 0 aliphatic carbocycles. The minimum Gasteiger partial charge on any atom is -0.396 e. The largest absolute Gasteiger partial charge is 0.396 e. The fraction of sp³-hybridized carbons (Fsp3) is 0.615. The van der Waals surface area contributed by atoms with E-state index in [-0.39, 0.29) is 0 Å². The fourth-order valence-electron chi connectivity index (χ4n) is 2.57. The van der Waals surface area contributed by atoms with Crippen molar-refractivity contribution in [1.29, 1.82) is 0 Å². The van der Waals surface area contributed by atoms with Crippen LogP contribution in [0.25, 0.3) is 0 Å². The van der Waals surface area contributed by atoms with Gasteiger partial charge in [0.1, 0.15) is 5.82 Å². The van der Waals surface area contributed by atoms with E-state index in [1.807, 2.05) is 12.3 Å². The van der Waals surface area contributed by atoms with Crippen LogP contribution in [0.2, 0.25) is 0 Å². The van der Waals surface area contributed by atoms with Crippen LogP contribution in [0, 0.1) is 5.92 Å². The molecule has 1 unspecified atom stereocenters. The first kappa shape index (κ1) is 13.3. The average molecular weight is 250 g/mol. The fourth-order valence-corrected chi connectivity index (χ4v) is 2.57. The number of hydrogen-bond acceptors (Lipinski definition) is 5. The van der Waals surface area contributed by atoms with Crippen molar-refractivity contribution in [2.75, 3.05) is 25.1 Å². The Hall–Kier alpha value is -1.17. The van der Waals surface area contributed by atoms with Gasteiger partial charge in [0.15, 0.2) is 0 Å². The van der Waals surface area contributed by atoms with Gasteiger partial charge in [-0.3, -0.25) is 4.90 Å². The highest BCUT2D eigenvalue weighted by Gasteiger charge is 2.19. The monoisotopic (exact) mass is 250 g/mol. The molecule has 5 nitrogen and oxygen atoms in total. The molecule has 1 aliphatic rings. The smallest absolute Gasteiger partial charge is 0.139 e. The molecule has 4 N–H and O–H groups in total. The molecule has 100 valence electrons. The molecule has 0 spiro atoms. The number of nitrogen functional groups attached to an aromatic ring is 1. The second-order valence-electron chi connectivity index (χ2n) is 4.95. The van der Waals surface area contributed by atoms with Gasteiger partial charge in [-0.25, -0.2) is 10.8 Å². The molecule has 1 saturated heterocycles. The van der Waals surface area contributed by atoms with Crippen molar-refractivity contribution >= 4 is 5.82 Å². The van der Waals surface area contributed by atoms with E-state index in [1.165, 1.54) is 18.4 Å². The van der Waals surface area contributed by atoms with Crippen LogP contribution in [0.15, 0.2) is 18.3 Å². The molecule has 0 bridgehead atoms. The van der Waals surface area contributed by atoms with Crippen LogP contribution >= 0.6 is 0 Å². The molecule has 2 heterocycles. The normalized spacial score (nSPS) is 20.9. The summed E-state index contributed by atoms with van der Waals surface area (Å²) in [4.78, 5) is 6.66. The zero-order chi connectivity index (χ0) is 12.8. The summed E-state index contributed by atoms with van der Waals surface area (Å²) in [7, 11) is 0. The Balaban J connectivity index is 1.87. The van der Waals surface area contributed by atoms with Crippen molar-refractivity contribution in [3.8, 4) is 0 Å². The number of aromatic nitrogens is 1. The zero-order valence-electron chi connectivity index (χ0n) is 10.7. The number of anilines is 1. The van der Waals surface area contributed by atoms with Crippen LogP contribution in [0.4, 0.5) is 5.82 Å². The van der Waals surface area contributed by atoms with Crippen molar-refractivity contribution in [2.24, 2.45) is 11.8 Å². The highest BCUT2D eigenvalue weighted by molar-refractivity contribution is 5.33. The molecule has 0 aromatic carbocycles. The minimum absolute atomic E-state index is 0.303. The quantitative estimate of drug-likeness (QED) is 0.536. The molecular weight excluding hydrogens is 228 g/mol. The van der Waals surface area contributed by atoms with Gasteiger partial charge in [0.25, 0.3) is 0 Å². The van der Waals surface area contributed by atoms with Gasteiger partial charge < -0.3 is 10.5 Å². The van der Waals surface area contributed by atoms with Crippen LogP contribution in [-0.4, -0.2) is 34.7 Å². The van der Waals surface area contributed by atoms with Crippen LogP contribution in [0.3, 0.4) is 0 Å². The van der Waals surface area contributed by atoms with Crippen molar-refractivity contribution < 1.29 is 5.11 Å². The number of piperidine rings is 1. The van der Waals surface area contributed by atoms with Gasteiger partial charge in [0.2, 0.25) is 0 Å². The Morgan fingerprint density at radius 1 is 1.50 bits per heavy atom. The maximum atomic E-state index is 9.00. The second kappa shape index (κ2) is 6.68. The maximum Gasteiger partial charge on any atom is 0.139 e. The second-order valence-corrected chi connectivity index (χ2v) is 4.95. The molecule has 1 atom stereocenters. The molecule has 0 amide bonds. The van der Waals surface area contributed by atoms with Crippen molar-refractivity contribution in [2.45, 2.75) is 25.8 Å². The summed E-state index contributed by atoms with van der Waals surface area (Å²) >= 11 is 0. The predicted octanol–water partition coefficient (Wildman–Crippen LogP) is 0.962. The van der Waals surface area contributed by atoms with Gasteiger partial charge in [-0.15, -0.1) is 0 Å². The lowest BCUT2D eigenvalue weighted by Crippen LogP contribution is -2.35. The highest BCUT2D eigenvalue weighted by Crippen LogP contribution is 2.20. The molecule has 0 saturated carbocycles. The summed E-state index contributed by atoms with van der Waals surface area (Å²) in [6, 6.07) is 3.95. The summed E-state index contributed by atoms with van der Waals surface area (Å²) in [6.45, 7) is 3.45. The maximum absolute atomic E-state index is 9.00. The third-order valence-electron chi connectivity index (χ3n) is 3.52. The van der Waals surface area contributed by atoms with Gasteiger partial charge in [-0.1, -0.05) is 6.07 Å². The van der Waals surface area contributed by atoms with Gasteiger partial charge in [0.05, 0.1) is 0 Å². The van der Waals surface area contributed by atoms with Gasteiger partial charge in [-0.05, 0) is 43.4 Å². The Labute approximate surface area is 108 Å². The van der Waals surface area contributed by atoms with Crippen molar-refractivity contribution in [3.05, 3.63) is 23.9 Å². The molecule has 5 heteroatoms. The first-order chi connectivity index (χ1) is 8.81. The van der Waals surface area contributed by atoms with Crippen LogP contribution in [-0.2, 0) is 6.54 Å². The number of likely N-dealkylation sites (tertiary alicyclic amines) is 1. The van der Waals surface area contributed by atoms with E-state index in [0.717, 1.165) is 26.1 Å². The molecule has 0 radical (unpaired) electrons. The van der Waals surface area contributed by atoms with Crippen molar-refractivity contribution in [1.82, 2.24) is 9.88 Å².